The van der Waals surface area contributed by atoms with Gasteiger partial charge in [-0.15, -0.1) is 0 Å². The molecule has 1 aromatic carbocycles. The molecule has 0 unspecified atom stereocenters. The molecule has 5 heteroatoms. The summed E-state index contributed by atoms with van der Waals surface area (Å²) in [6.07, 6.45) is 7.68. The zero-order valence-electron chi connectivity index (χ0n) is 11.9. The number of fused-ring (bicyclic) bond motifs is 1. The van der Waals surface area contributed by atoms with Crippen LogP contribution in [0.3, 0.4) is 0 Å². The second-order valence-electron chi connectivity index (χ2n) is 5.47. The van der Waals surface area contributed by atoms with Crippen LogP contribution in [0.15, 0.2) is 36.9 Å². The van der Waals surface area contributed by atoms with Crippen LogP contribution in [0.1, 0.15) is 27.9 Å². The summed E-state index contributed by atoms with van der Waals surface area (Å²) < 4.78 is 2.08. The highest BCUT2D eigenvalue weighted by Crippen LogP contribution is 2.20. The van der Waals surface area contributed by atoms with Crippen LogP contribution in [0, 0.1) is 0 Å². The van der Waals surface area contributed by atoms with Crippen molar-refractivity contribution in [3.63, 3.8) is 0 Å². The summed E-state index contributed by atoms with van der Waals surface area (Å²) in [6, 6.07) is 5.48. The third-order valence-electron chi connectivity index (χ3n) is 3.99. The third-order valence-corrected chi connectivity index (χ3v) is 3.99. The molecule has 1 aliphatic heterocycles. The van der Waals surface area contributed by atoms with Crippen LogP contribution < -0.4 is 0 Å². The molecule has 5 nitrogen and oxygen atoms in total. The van der Waals surface area contributed by atoms with Gasteiger partial charge in [-0.2, -0.15) is 0 Å². The molecular weight excluding hydrogens is 266 g/mol. The maximum Gasteiger partial charge on any atom is 0.335 e. The van der Waals surface area contributed by atoms with E-state index in [0.717, 1.165) is 44.6 Å². The first-order chi connectivity index (χ1) is 10.2. The first-order valence-electron chi connectivity index (χ1n) is 7.25. The van der Waals surface area contributed by atoms with E-state index < -0.39 is 5.97 Å². The Morgan fingerprint density at radius 1 is 1.29 bits per heavy atom. The Bertz CT molecular complexity index is 622. The highest BCUT2D eigenvalue weighted by atomic mass is 16.4. The number of imidazole rings is 1. The van der Waals surface area contributed by atoms with Gasteiger partial charge in [0, 0.05) is 38.6 Å². The van der Waals surface area contributed by atoms with E-state index in [4.69, 9.17) is 5.11 Å². The number of carbonyl (C=O) groups is 1. The standard InChI is InChI=1S/C16H19N3O2/c20-16(21)14-3-2-13-4-8-18(11-15(13)10-14)6-1-7-19-9-5-17-12-19/h2-3,5,9-10,12H,1,4,6-8,11H2,(H,20,21). The lowest BCUT2D eigenvalue weighted by atomic mass is 9.97. The lowest BCUT2D eigenvalue weighted by Gasteiger charge is -2.29. The first kappa shape index (κ1) is 13.8. The molecule has 2 aromatic rings. The molecule has 1 aliphatic rings. The van der Waals surface area contributed by atoms with Crippen LogP contribution >= 0.6 is 0 Å². The van der Waals surface area contributed by atoms with E-state index in [9.17, 15) is 4.79 Å². The molecule has 0 spiro atoms. The molecule has 0 saturated heterocycles. The molecule has 1 aromatic heterocycles. The molecule has 110 valence electrons. The summed E-state index contributed by atoms with van der Waals surface area (Å²) in [5.41, 5.74) is 2.82. The molecule has 0 amide bonds. The topological polar surface area (TPSA) is 58.4 Å². The predicted molar refractivity (Wildman–Crippen MR) is 79.2 cm³/mol. The highest BCUT2D eigenvalue weighted by Gasteiger charge is 2.17. The van der Waals surface area contributed by atoms with Crippen molar-refractivity contribution >= 4 is 5.97 Å². The number of aromatic nitrogens is 2. The van der Waals surface area contributed by atoms with Crippen LogP contribution in [-0.2, 0) is 19.5 Å². The summed E-state index contributed by atoms with van der Waals surface area (Å²) in [5.74, 6) is -0.852. The van der Waals surface area contributed by atoms with E-state index in [1.165, 1.54) is 5.56 Å². The Hall–Kier alpha value is -2.14. The SMILES string of the molecule is O=C(O)c1ccc2c(c1)CN(CCCn1ccnc1)CC2. The number of hydrogen-bond donors (Lipinski definition) is 1. The van der Waals surface area contributed by atoms with E-state index in [1.807, 2.05) is 24.7 Å². The fourth-order valence-corrected chi connectivity index (χ4v) is 2.84. The van der Waals surface area contributed by atoms with Crippen LogP contribution in [0.5, 0.6) is 0 Å². The maximum absolute atomic E-state index is 11.0. The second kappa shape index (κ2) is 6.10. The van der Waals surface area contributed by atoms with Crippen LogP contribution in [0.25, 0.3) is 0 Å². The van der Waals surface area contributed by atoms with Crippen LogP contribution in [-0.4, -0.2) is 38.6 Å². The second-order valence-corrected chi connectivity index (χ2v) is 5.47. The van der Waals surface area contributed by atoms with Gasteiger partial charge in [-0.05, 0) is 36.1 Å². The Kier molecular flexibility index (Phi) is 4.01. The molecule has 0 bridgehead atoms. The fraction of sp³-hybridized carbons (Fsp3) is 0.375. The lowest BCUT2D eigenvalue weighted by molar-refractivity contribution is 0.0696. The summed E-state index contributed by atoms with van der Waals surface area (Å²) in [4.78, 5) is 17.5. The molecule has 0 fully saturated rings. The third kappa shape index (κ3) is 3.31. The number of rotatable bonds is 5. The molecule has 1 N–H and O–H groups in total. The molecular formula is C16H19N3O2. The average molecular weight is 285 g/mol. The molecule has 3 rings (SSSR count). The Morgan fingerprint density at radius 3 is 2.95 bits per heavy atom. The van der Waals surface area contributed by atoms with Gasteiger partial charge < -0.3 is 9.67 Å². The quantitative estimate of drug-likeness (QED) is 0.913. The fourth-order valence-electron chi connectivity index (χ4n) is 2.84. The van der Waals surface area contributed by atoms with Crippen LogP contribution in [0.2, 0.25) is 0 Å². The minimum absolute atomic E-state index is 0.383. The van der Waals surface area contributed by atoms with Gasteiger partial charge in [0.05, 0.1) is 11.9 Å². The zero-order chi connectivity index (χ0) is 14.7. The largest absolute Gasteiger partial charge is 0.478 e. The monoisotopic (exact) mass is 285 g/mol. The minimum atomic E-state index is -0.852. The zero-order valence-corrected chi connectivity index (χ0v) is 11.9. The molecule has 0 atom stereocenters. The van der Waals surface area contributed by atoms with Gasteiger partial charge in [0.25, 0.3) is 0 Å². The molecule has 2 heterocycles. The molecule has 0 saturated carbocycles. The Morgan fingerprint density at radius 2 is 2.19 bits per heavy atom. The summed E-state index contributed by atoms with van der Waals surface area (Å²) in [5, 5.41) is 9.08. The van der Waals surface area contributed by atoms with Crippen molar-refractivity contribution in [1.29, 1.82) is 0 Å². The summed E-state index contributed by atoms with van der Waals surface area (Å²) in [7, 11) is 0. The average Bonchev–Trinajstić information content (AvgIpc) is 2.99. The normalized spacial score (nSPS) is 14.9. The highest BCUT2D eigenvalue weighted by molar-refractivity contribution is 5.87. The lowest BCUT2D eigenvalue weighted by Crippen LogP contribution is -2.32. The van der Waals surface area contributed by atoms with Crippen molar-refractivity contribution in [3.8, 4) is 0 Å². The van der Waals surface area contributed by atoms with Crippen molar-refractivity contribution in [2.45, 2.75) is 25.9 Å². The Labute approximate surface area is 123 Å². The number of nitrogens with zero attached hydrogens (tertiary/aromatic N) is 3. The number of hydrogen-bond acceptors (Lipinski definition) is 3. The van der Waals surface area contributed by atoms with Crippen molar-refractivity contribution in [2.24, 2.45) is 0 Å². The van der Waals surface area contributed by atoms with Gasteiger partial charge in [0.1, 0.15) is 0 Å². The first-order valence-corrected chi connectivity index (χ1v) is 7.25. The Balaban J connectivity index is 1.58. The van der Waals surface area contributed by atoms with Crippen LogP contribution in [0.4, 0.5) is 0 Å². The van der Waals surface area contributed by atoms with Crippen molar-refractivity contribution < 1.29 is 9.90 Å². The van der Waals surface area contributed by atoms with E-state index in [0.29, 0.717) is 5.56 Å². The van der Waals surface area contributed by atoms with Crippen molar-refractivity contribution in [3.05, 3.63) is 53.6 Å². The van der Waals surface area contributed by atoms with E-state index >= 15 is 0 Å². The molecule has 0 radical (unpaired) electrons. The number of benzene rings is 1. The van der Waals surface area contributed by atoms with Gasteiger partial charge in [-0.1, -0.05) is 6.07 Å². The minimum Gasteiger partial charge on any atom is -0.478 e. The smallest absolute Gasteiger partial charge is 0.335 e. The number of aromatic carboxylic acids is 1. The van der Waals surface area contributed by atoms with Gasteiger partial charge in [0.2, 0.25) is 0 Å². The summed E-state index contributed by atoms with van der Waals surface area (Å²) in [6.45, 7) is 3.89. The van der Waals surface area contributed by atoms with E-state index in [-0.39, 0.29) is 0 Å². The molecule has 21 heavy (non-hydrogen) atoms. The van der Waals surface area contributed by atoms with Gasteiger partial charge in [-0.3, -0.25) is 4.90 Å². The summed E-state index contributed by atoms with van der Waals surface area (Å²) >= 11 is 0. The van der Waals surface area contributed by atoms with Gasteiger partial charge in [0.15, 0.2) is 0 Å². The van der Waals surface area contributed by atoms with Gasteiger partial charge in [-0.25, -0.2) is 9.78 Å². The van der Waals surface area contributed by atoms with E-state index in [1.54, 1.807) is 12.3 Å². The number of carboxylic acids is 1. The maximum atomic E-state index is 11.0. The van der Waals surface area contributed by atoms with Crippen molar-refractivity contribution in [1.82, 2.24) is 14.5 Å². The van der Waals surface area contributed by atoms with Crippen molar-refractivity contribution in [2.75, 3.05) is 13.1 Å². The van der Waals surface area contributed by atoms with E-state index in [2.05, 4.69) is 14.5 Å². The predicted octanol–water partition coefficient (Wildman–Crippen LogP) is 2.03. The number of aryl methyl sites for hydroxylation is 1. The number of carboxylic acid groups (broad SMARTS) is 1. The molecule has 0 aliphatic carbocycles. The van der Waals surface area contributed by atoms with Gasteiger partial charge >= 0.3 is 5.97 Å².